The molecule has 0 aliphatic carbocycles. The molecule has 3 rings (SSSR count). The lowest BCUT2D eigenvalue weighted by atomic mass is 10.3. The van der Waals surface area contributed by atoms with Gasteiger partial charge >= 0.3 is 0 Å². The number of hydrogen-bond acceptors (Lipinski definition) is 6. The monoisotopic (exact) mass is 246 g/mol. The van der Waals surface area contributed by atoms with Gasteiger partial charge in [0.25, 0.3) is 0 Å². The Hall–Kier alpha value is -2.02. The number of nitrogens with zero attached hydrogens (tertiary/aromatic N) is 4. The molecule has 0 aromatic carbocycles. The first-order valence-electron chi connectivity index (χ1n) is 5.18. The first kappa shape index (κ1) is 10.2. The number of imidazole rings is 1. The summed E-state index contributed by atoms with van der Waals surface area (Å²) < 4.78 is 0. The third-order valence-electron chi connectivity index (χ3n) is 2.38. The van der Waals surface area contributed by atoms with Crippen molar-refractivity contribution in [3.05, 3.63) is 29.2 Å². The van der Waals surface area contributed by atoms with Crippen molar-refractivity contribution < 1.29 is 0 Å². The van der Waals surface area contributed by atoms with Gasteiger partial charge in [0, 0.05) is 18.3 Å². The quantitative estimate of drug-likeness (QED) is 0.728. The fourth-order valence-electron chi connectivity index (χ4n) is 1.57. The number of aromatic nitrogens is 5. The van der Waals surface area contributed by atoms with Gasteiger partial charge in [-0.05, 0) is 0 Å². The van der Waals surface area contributed by atoms with Crippen molar-refractivity contribution in [3.8, 4) is 0 Å². The van der Waals surface area contributed by atoms with Gasteiger partial charge in [0.1, 0.15) is 11.8 Å². The van der Waals surface area contributed by atoms with E-state index in [-0.39, 0.29) is 0 Å². The zero-order valence-electron chi connectivity index (χ0n) is 8.92. The van der Waals surface area contributed by atoms with Gasteiger partial charge in [-0.15, -0.1) is 11.3 Å². The van der Waals surface area contributed by atoms with Crippen LogP contribution in [0, 0.1) is 0 Å². The van der Waals surface area contributed by atoms with Crippen molar-refractivity contribution in [2.75, 3.05) is 11.9 Å². The van der Waals surface area contributed by atoms with E-state index in [1.54, 1.807) is 17.7 Å². The average molecular weight is 246 g/mol. The summed E-state index contributed by atoms with van der Waals surface area (Å²) >= 11 is 1.61. The highest BCUT2D eigenvalue weighted by Gasteiger charge is 2.04. The van der Waals surface area contributed by atoms with E-state index in [0.717, 1.165) is 30.0 Å². The predicted octanol–water partition coefficient (Wildman–Crippen LogP) is 1.46. The molecule has 6 nitrogen and oxygen atoms in total. The van der Waals surface area contributed by atoms with Crippen molar-refractivity contribution in [1.29, 1.82) is 0 Å². The van der Waals surface area contributed by atoms with Crippen molar-refractivity contribution >= 4 is 28.3 Å². The van der Waals surface area contributed by atoms with Crippen LogP contribution in [0.4, 0.5) is 5.82 Å². The Labute approximate surface area is 101 Å². The summed E-state index contributed by atoms with van der Waals surface area (Å²) in [7, 11) is 0. The zero-order chi connectivity index (χ0) is 11.5. The van der Waals surface area contributed by atoms with E-state index in [2.05, 4.69) is 30.2 Å². The van der Waals surface area contributed by atoms with E-state index in [9.17, 15) is 0 Å². The SMILES string of the molecule is c1nc(NCCc2cscn2)c2[nH]cnc2n1. The Bertz CT molecular complexity index is 602. The lowest BCUT2D eigenvalue weighted by molar-refractivity contribution is 0.967. The highest BCUT2D eigenvalue weighted by molar-refractivity contribution is 7.07. The number of rotatable bonds is 4. The Morgan fingerprint density at radius 3 is 3.12 bits per heavy atom. The molecule has 0 aliphatic rings. The smallest absolute Gasteiger partial charge is 0.182 e. The van der Waals surface area contributed by atoms with Crippen LogP contribution in [0.2, 0.25) is 0 Å². The van der Waals surface area contributed by atoms with Gasteiger partial charge in [0.05, 0.1) is 17.5 Å². The second-order valence-electron chi connectivity index (χ2n) is 3.48. The third-order valence-corrected chi connectivity index (χ3v) is 3.02. The van der Waals surface area contributed by atoms with Crippen LogP contribution in [0.15, 0.2) is 23.5 Å². The van der Waals surface area contributed by atoms with Crippen molar-refractivity contribution in [3.63, 3.8) is 0 Å². The second-order valence-corrected chi connectivity index (χ2v) is 4.20. The highest BCUT2D eigenvalue weighted by atomic mass is 32.1. The van der Waals surface area contributed by atoms with Crippen LogP contribution in [0.25, 0.3) is 11.2 Å². The summed E-state index contributed by atoms with van der Waals surface area (Å²) in [5.74, 6) is 0.780. The van der Waals surface area contributed by atoms with E-state index >= 15 is 0 Å². The molecule has 3 aromatic heterocycles. The van der Waals surface area contributed by atoms with E-state index in [4.69, 9.17) is 0 Å². The molecule has 0 aliphatic heterocycles. The molecule has 3 heterocycles. The summed E-state index contributed by atoms with van der Waals surface area (Å²) in [6.45, 7) is 0.787. The van der Waals surface area contributed by atoms with Gasteiger partial charge in [-0.1, -0.05) is 0 Å². The van der Waals surface area contributed by atoms with Crippen molar-refractivity contribution in [2.24, 2.45) is 0 Å². The van der Waals surface area contributed by atoms with Gasteiger partial charge in [0.2, 0.25) is 0 Å². The Morgan fingerprint density at radius 2 is 2.24 bits per heavy atom. The molecule has 86 valence electrons. The topological polar surface area (TPSA) is 79.4 Å². The third kappa shape index (κ3) is 2.09. The van der Waals surface area contributed by atoms with Crippen LogP contribution in [-0.4, -0.2) is 31.5 Å². The molecule has 0 fully saturated rings. The molecule has 7 heteroatoms. The Balaban J connectivity index is 1.70. The molecular formula is C10H10N6S. The molecule has 3 aromatic rings. The number of thiazole rings is 1. The lowest BCUT2D eigenvalue weighted by Crippen LogP contribution is -2.07. The molecule has 2 N–H and O–H groups in total. The largest absolute Gasteiger partial charge is 0.368 e. The molecular weight excluding hydrogens is 236 g/mol. The lowest BCUT2D eigenvalue weighted by Gasteiger charge is -2.04. The molecule has 0 spiro atoms. The maximum atomic E-state index is 4.23. The molecule has 0 radical (unpaired) electrons. The van der Waals surface area contributed by atoms with E-state index in [1.807, 2.05) is 10.9 Å². The fraction of sp³-hybridized carbons (Fsp3) is 0.200. The Morgan fingerprint density at radius 1 is 1.24 bits per heavy atom. The molecule has 0 bridgehead atoms. The number of H-pyrrole nitrogens is 1. The number of anilines is 1. The predicted molar refractivity (Wildman–Crippen MR) is 66.0 cm³/mol. The highest BCUT2D eigenvalue weighted by Crippen LogP contribution is 2.14. The van der Waals surface area contributed by atoms with Crippen LogP contribution in [0.1, 0.15) is 5.69 Å². The number of nitrogens with one attached hydrogen (secondary N) is 2. The van der Waals surface area contributed by atoms with Gasteiger partial charge in [0.15, 0.2) is 11.5 Å². The van der Waals surface area contributed by atoms with Gasteiger partial charge in [-0.2, -0.15) is 0 Å². The summed E-state index contributed by atoms with van der Waals surface area (Å²) in [5, 5.41) is 5.30. The standard InChI is InChI=1S/C10H10N6S/c1(7-3-17-6-16-7)2-11-9-8-10(13-4-12-8)15-5-14-9/h3-6H,1-2H2,(H2,11,12,13,14,15). The minimum absolute atomic E-state index is 0.677. The van der Waals surface area contributed by atoms with Crippen LogP contribution in [0.3, 0.4) is 0 Å². The normalized spacial score (nSPS) is 10.8. The molecule has 0 atom stereocenters. The van der Waals surface area contributed by atoms with E-state index in [0.29, 0.717) is 5.65 Å². The molecule has 0 amide bonds. The van der Waals surface area contributed by atoms with Crippen LogP contribution >= 0.6 is 11.3 Å². The van der Waals surface area contributed by atoms with Gasteiger partial charge < -0.3 is 10.3 Å². The molecule has 0 saturated carbocycles. The molecule has 17 heavy (non-hydrogen) atoms. The van der Waals surface area contributed by atoms with Crippen molar-refractivity contribution in [1.82, 2.24) is 24.9 Å². The molecule has 0 saturated heterocycles. The fourth-order valence-corrected chi connectivity index (χ4v) is 2.16. The summed E-state index contributed by atoms with van der Waals surface area (Å²) in [5.41, 5.74) is 4.45. The summed E-state index contributed by atoms with van der Waals surface area (Å²) in [6, 6.07) is 0. The maximum absolute atomic E-state index is 4.23. The maximum Gasteiger partial charge on any atom is 0.182 e. The van der Waals surface area contributed by atoms with E-state index < -0.39 is 0 Å². The summed E-state index contributed by atoms with van der Waals surface area (Å²) in [4.78, 5) is 19.6. The zero-order valence-corrected chi connectivity index (χ0v) is 9.74. The minimum atomic E-state index is 0.677. The van der Waals surface area contributed by atoms with Gasteiger partial charge in [-0.25, -0.2) is 19.9 Å². The van der Waals surface area contributed by atoms with Gasteiger partial charge in [-0.3, -0.25) is 0 Å². The number of fused-ring (bicyclic) bond motifs is 1. The van der Waals surface area contributed by atoms with Crippen molar-refractivity contribution in [2.45, 2.75) is 6.42 Å². The number of hydrogen-bond donors (Lipinski definition) is 2. The average Bonchev–Trinajstić information content (AvgIpc) is 2.99. The first-order valence-corrected chi connectivity index (χ1v) is 6.13. The van der Waals surface area contributed by atoms with Crippen LogP contribution in [0.5, 0.6) is 0 Å². The minimum Gasteiger partial charge on any atom is -0.368 e. The first-order chi connectivity index (χ1) is 8.43. The van der Waals surface area contributed by atoms with Crippen LogP contribution in [-0.2, 0) is 6.42 Å². The molecule has 0 unspecified atom stereocenters. The van der Waals surface area contributed by atoms with Crippen LogP contribution < -0.4 is 5.32 Å². The summed E-state index contributed by atoms with van der Waals surface area (Å²) in [6.07, 6.45) is 4.00. The second kappa shape index (κ2) is 4.46. The number of aromatic amines is 1. The van der Waals surface area contributed by atoms with E-state index in [1.165, 1.54) is 6.33 Å². The Kier molecular flexibility index (Phi) is 2.66.